The Balaban J connectivity index is 1.94. The fourth-order valence-corrected chi connectivity index (χ4v) is 2.83. The van der Waals surface area contributed by atoms with Crippen LogP contribution in [0.5, 0.6) is 0 Å². The van der Waals surface area contributed by atoms with Crippen molar-refractivity contribution in [1.82, 2.24) is 0 Å². The second-order valence-corrected chi connectivity index (χ2v) is 5.26. The Kier molecular flexibility index (Phi) is 3.43. The van der Waals surface area contributed by atoms with Gasteiger partial charge in [0.2, 0.25) is 0 Å². The largest absolute Gasteiger partial charge is 0.529 e. The van der Waals surface area contributed by atoms with Gasteiger partial charge in [0.1, 0.15) is 12.2 Å². The van der Waals surface area contributed by atoms with Gasteiger partial charge in [0.25, 0.3) is 0 Å². The molecule has 21 heavy (non-hydrogen) atoms. The van der Waals surface area contributed by atoms with Gasteiger partial charge in [0.05, 0.1) is 19.3 Å². The van der Waals surface area contributed by atoms with Crippen molar-refractivity contribution in [2.24, 2.45) is 0 Å². The van der Waals surface area contributed by atoms with Gasteiger partial charge in [-0.1, -0.05) is 18.2 Å². The summed E-state index contributed by atoms with van der Waals surface area (Å²) in [5.74, 6) is -1.84. The number of halogens is 1. The van der Waals surface area contributed by atoms with E-state index in [4.69, 9.17) is 24.9 Å². The van der Waals surface area contributed by atoms with Crippen LogP contribution in [-0.2, 0) is 14.0 Å². The van der Waals surface area contributed by atoms with Crippen molar-refractivity contribution in [3.05, 3.63) is 24.3 Å². The third-order valence-electron chi connectivity index (χ3n) is 3.86. The molecule has 1 aromatic rings. The van der Waals surface area contributed by atoms with Crippen LogP contribution < -0.4 is 11.2 Å². The van der Waals surface area contributed by atoms with Crippen molar-refractivity contribution in [3.8, 4) is 0 Å². The zero-order valence-electron chi connectivity index (χ0n) is 11.1. The SMILES string of the molecule is Nc1cccc([B-]2(F)O[C@H]3[C@H](O)[C@@H](CO)O[C@@]3(CO)O2)c1. The van der Waals surface area contributed by atoms with Crippen LogP contribution >= 0.6 is 0 Å². The summed E-state index contributed by atoms with van der Waals surface area (Å²) in [6.07, 6.45) is -3.57. The molecule has 5 atom stereocenters. The molecule has 2 aliphatic rings. The summed E-state index contributed by atoms with van der Waals surface area (Å²) in [5, 5.41) is 28.6. The molecule has 2 saturated heterocycles. The zero-order valence-corrected chi connectivity index (χ0v) is 11.1. The van der Waals surface area contributed by atoms with E-state index in [1.165, 1.54) is 18.2 Å². The number of ether oxygens (including phenoxy) is 1. The molecule has 0 bridgehead atoms. The summed E-state index contributed by atoms with van der Waals surface area (Å²) in [4.78, 5) is 0. The molecule has 3 rings (SSSR count). The third kappa shape index (κ3) is 2.13. The number of aliphatic hydroxyl groups is 3. The maximum Gasteiger partial charge on any atom is 0.445 e. The monoisotopic (exact) mass is 300 g/mol. The minimum Gasteiger partial charge on any atom is -0.529 e. The van der Waals surface area contributed by atoms with Crippen LogP contribution in [0.3, 0.4) is 0 Å². The van der Waals surface area contributed by atoms with Gasteiger partial charge in [0.15, 0.2) is 5.79 Å². The van der Waals surface area contributed by atoms with E-state index in [2.05, 4.69) is 0 Å². The lowest BCUT2D eigenvalue weighted by atomic mass is 9.73. The summed E-state index contributed by atoms with van der Waals surface area (Å²) in [7, 11) is 0. The van der Waals surface area contributed by atoms with E-state index in [0.717, 1.165) is 0 Å². The highest BCUT2D eigenvalue weighted by Gasteiger charge is 2.63. The van der Waals surface area contributed by atoms with Crippen molar-refractivity contribution in [3.63, 3.8) is 0 Å². The number of nitrogens with two attached hydrogens (primary N) is 1. The highest BCUT2D eigenvalue weighted by molar-refractivity contribution is 6.75. The van der Waals surface area contributed by atoms with Crippen molar-refractivity contribution in [2.75, 3.05) is 18.9 Å². The molecule has 9 heteroatoms. The molecule has 2 aliphatic heterocycles. The van der Waals surface area contributed by atoms with E-state index in [1.807, 2.05) is 0 Å². The first-order chi connectivity index (χ1) is 9.94. The van der Waals surface area contributed by atoms with Gasteiger partial charge in [-0.2, -0.15) is 0 Å². The van der Waals surface area contributed by atoms with Gasteiger partial charge < -0.3 is 39.4 Å². The van der Waals surface area contributed by atoms with Crippen LogP contribution in [0.1, 0.15) is 0 Å². The van der Waals surface area contributed by atoms with Gasteiger partial charge in [-0.05, 0) is 6.07 Å². The third-order valence-corrected chi connectivity index (χ3v) is 3.86. The summed E-state index contributed by atoms with van der Waals surface area (Å²) in [6, 6.07) is 5.89. The maximum atomic E-state index is 15.0. The van der Waals surface area contributed by atoms with Crippen molar-refractivity contribution in [2.45, 2.75) is 24.1 Å². The van der Waals surface area contributed by atoms with Gasteiger partial charge >= 0.3 is 6.83 Å². The van der Waals surface area contributed by atoms with Crippen LogP contribution in [0.25, 0.3) is 0 Å². The number of nitrogen functional groups attached to an aromatic ring is 1. The molecule has 0 radical (unpaired) electrons. The van der Waals surface area contributed by atoms with E-state index in [9.17, 15) is 14.5 Å². The van der Waals surface area contributed by atoms with Gasteiger partial charge in [-0.15, -0.1) is 5.46 Å². The molecule has 0 saturated carbocycles. The molecule has 1 aromatic carbocycles. The lowest BCUT2D eigenvalue weighted by molar-refractivity contribution is -0.204. The van der Waals surface area contributed by atoms with Crippen LogP contribution in [-0.4, -0.2) is 59.5 Å². The number of hydrogen-bond donors (Lipinski definition) is 4. The van der Waals surface area contributed by atoms with Crippen molar-refractivity contribution < 1.29 is 33.7 Å². The lowest BCUT2D eigenvalue weighted by Crippen LogP contribution is -2.50. The number of fused-ring (bicyclic) bond motifs is 1. The molecule has 1 unspecified atom stereocenters. The average molecular weight is 300 g/mol. The minimum atomic E-state index is -3.46. The molecule has 5 N–H and O–H groups in total. The molecule has 7 nitrogen and oxygen atoms in total. The number of anilines is 1. The summed E-state index contributed by atoms with van der Waals surface area (Å²) < 4.78 is 30.7. The number of hydrogen-bond acceptors (Lipinski definition) is 7. The van der Waals surface area contributed by atoms with Crippen molar-refractivity contribution in [1.29, 1.82) is 0 Å². The van der Waals surface area contributed by atoms with E-state index in [1.54, 1.807) is 6.07 Å². The molecule has 0 spiro atoms. The van der Waals surface area contributed by atoms with E-state index in [-0.39, 0.29) is 5.46 Å². The van der Waals surface area contributed by atoms with Crippen LogP contribution in [0.15, 0.2) is 24.3 Å². The quantitative estimate of drug-likeness (QED) is 0.386. The topological polar surface area (TPSA) is 114 Å². The Morgan fingerprint density at radius 3 is 2.71 bits per heavy atom. The predicted molar refractivity (Wildman–Crippen MR) is 71.1 cm³/mol. The summed E-state index contributed by atoms with van der Waals surface area (Å²) >= 11 is 0. The predicted octanol–water partition coefficient (Wildman–Crippen LogP) is -1.76. The average Bonchev–Trinajstić information content (AvgIpc) is 2.91. The zero-order chi connectivity index (χ0) is 15.3. The van der Waals surface area contributed by atoms with Gasteiger partial charge in [-0.3, -0.25) is 0 Å². The number of aliphatic hydroxyl groups excluding tert-OH is 3. The lowest BCUT2D eigenvalue weighted by Gasteiger charge is -2.33. The van der Waals surface area contributed by atoms with E-state index in [0.29, 0.717) is 5.69 Å². The number of rotatable bonds is 3. The van der Waals surface area contributed by atoms with Crippen molar-refractivity contribution >= 4 is 18.0 Å². The fourth-order valence-electron chi connectivity index (χ4n) is 2.83. The Labute approximate surface area is 120 Å². The maximum absolute atomic E-state index is 15.0. The van der Waals surface area contributed by atoms with Crippen LogP contribution in [0.2, 0.25) is 0 Å². The molecule has 0 amide bonds. The van der Waals surface area contributed by atoms with Crippen LogP contribution in [0, 0.1) is 0 Å². The molecule has 0 aromatic heterocycles. The Bertz CT molecular complexity index is 550. The van der Waals surface area contributed by atoms with E-state index >= 15 is 0 Å². The Morgan fingerprint density at radius 1 is 1.38 bits per heavy atom. The summed E-state index contributed by atoms with van der Waals surface area (Å²) in [6.45, 7) is -4.68. The Morgan fingerprint density at radius 2 is 2.14 bits per heavy atom. The van der Waals surface area contributed by atoms with Gasteiger partial charge in [0, 0.05) is 5.69 Å². The molecule has 2 fully saturated rings. The standard InChI is InChI=1S/C12H16BFNO6/c14-13(7-2-1-3-8(15)4-7)20-11-10(18)9(5-16)19-12(11,6-17)21-13/h1-4,9-11,16-18H,5-6,15H2/q-1/t9-,10-,11+,12+,13?/m1/s1. The van der Waals surface area contributed by atoms with Crippen LogP contribution in [0.4, 0.5) is 10.0 Å². The molecule has 2 heterocycles. The number of benzene rings is 1. The first-order valence-electron chi connectivity index (χ1n) is 6.58. The second-order valence-electron chi connectivity index (χ2n) is 5.26. The molecule has 0 aliphatic carbocycles. The highest BCUT2D eigenvalue weighted by Crippen LogP contribution is 2.43. The fraction of sp³-hybridized carbons (Fsp3) is 0.500. The first-order valence-corrected chi connectivity index (χ1v) is 6.58. The molecule has 116 valence electrons. The molecular weight excluding hydrogens is 284 g/mol. The Hall–Kier alpha value is -1.23. The second kappa shape index (κ2) is 4.91. The molecular formula is C12H16BFNO6-. The first kappa shape index (κ1) is 14.7. The minimum absolute atomic E-state index is 0.0496. The smallest absolute Gasteiger partial charge is 0.445 e. The summed E-state index contributed by atoms with van der Waals surface area (Å²) in [5.41, 5.74) is 5.98. The normalized spacial score (nSPS) is 42.2. The highest BCUT2D eigenvalue weighted by atomic mass is 19.1. The van der Waals surface area contributed by atoms with E-state index < -0.39 is 44.1 Å². The van der Waals surface area contributed by atoms with Gasteiger partial charge in [-0.25, -0.2) is 0 Å².